The van der Waals surface area contributed by atoms with E-state index < -0.39 is 6.10 Å². The lowest BCUT2D eigenvalue weighted by Crippen LogP contribution is -2.30. The standard InChI is InChI=1S/C21H22N2O4/c1-13(24)15-5-11-19(12-6-15)27-14(2)20(25)22-17-7-9-18(10-8-17)23-21(26)16-3-4-16/h5-12,14,16H,3-4H2,1-2H3,(H,22,25)(H,23,26)/t14-/m0/s1. The van der Waals surface area contributed by atoms with Crippen LogP contribution in [0.2, 0.25) is 0 Å². The maximum absolute atomic E-state index is 12.3. The van der Waals surface area contributed by atoms with Crippen molar-refractivity contribution in [1.82, 2.24) is 0 Å². The van der Waals surface area contributed by atoms with Crippen LogP contribution in [0.25, 0.3) is 0 Å². The van der Waals surface area contributed by atoms with Crippen molar-refractivity contribution in [3.8, 4) is 5.75 Å². The van der Waals surface area contributed by atoms with Gasteiger partial charge in [0.2, 0.25) is 5.91 Å². The van der Waals surface area contributed by atoms with E-state index in [2.05, 4.69) is 10.6 Å². The molecule has 27 heavy (non-hydrogen) atoms. The number of carbonyl (C=O) groups excluding carboxylic acids is 3. The fourth-order valence-electron chi connectivity index (χ4n) is 2.50. The Bertz CT molecular complexity index is 839. The summed E-state index contributed by atoms with van der Waals surface area (Å²) in [4.78, 5) is 35.3. The molecule has 0 bridgehead atoms. The van der Waals surface area contributed by atoms with Gasteiger partial charge in [0.25, 0.3) is 5.91 Å². The van der Waals surface area contributed by atoms with Crippen LogP contribution in [-0.2, 0) is 9.59 Å². The van der Waals surface area contributed by atoms with Gasteiger partial charge in [0.05, 0.1) is 0 Å². The molecule has 6 nitrogen and oxygen atoms in total. The van der Waals surface area contributed by atoms with Crippen LogP contribution in [-0.4, -0.2) is 23.7 Å². The van der Waals surface area contributed by atoms with Crippen molar-refractivity contribution in [2.24, 2.45) is 5.92 Å². The molecular formula is C21H22N2O4. The SMILES string of the molecule is CC(=O)c1ccc(O[C@@H](C)C(=O)Nc2ccc(NC(=O)C3CC3)cc2)cc1. The first-order chi connectivity index (χ1) is 12.9. The molecule has 0 aliphatic heterocycles. The molecule has 0 radical (unpaired) electrons. The van der Waals surface area contributed by atoms with Crippen LogP contribution in [0.5, 0.6) is 5.75 Å². The third kappa shape index (κ3) is 5.17. The normalized spacial score (nSPS) is 14.1. The maximum atomic E-state index is 12.3. The first kappa shape index (κ1) is 18.6. The molecular weight excluding hydrogens is 344 g/mol. The second-order valence-electron chi connectivity index (χ2n) is 6.67. The molecule has 0 spiro atoms. The molecule has 1 aliphatic carbocycles. The van der Waals surface area contributed by atoms with Crippen molar-refractivity contribution in [3.63, 3.8) is 0 Å². The van der Waals surface area contributed by atoms with Crippen LogP contribution < -0.4 is 15.4 Å². The van der Waals surface area contributed by atoms with Gasteiger partial charge in [-0.25, -0.2) is 0 Å². The topological polar surface area (TPSA) is 84.5 Å². The summed E-state index contributed by atoms with van der Waals surface area (Å²) in [5, 5.41) is 5.63. The van der Waals surface area contributed by atoms with E-state index in [-0.39, 0.29) is 23.5 Å². The molecule has 1 fully saturated rings. The van der Waals surface area contributed by atoms with Crippen molar-refractivity contribution in [3.05, 3.63) is 54.1 Å². The van der Waals surface area contributed by atoms with Gasteiger partial charge >= 0.3 is 0 Å². The van der Waals surface area contributed by atoms with Crippen LogP contribution in [0.4, 0.5) is 11.4 Å². The first-order valence-electron chi connectivity index (χ1n) is 8.92. The Labute approximate surface area is 157 Å². The largest absolute Gasteiger partial charge is 0.481 e. The Kier molecular flexibility index (Phi) is 5.54. The van der Waals surface area contributed by atoms with E-state index in [0.717, 1.165) is 12.8 Å². The predicted molar refractivity (Wildman–Crippen MR) is 103 cm³/mol. The van der Waals surface area contributed by atoms with E-state index in [4.69, 9.17) is 4.74 Å². The van der Waals surface area contributed by atoms with E-state index in [1.807, 2.05) is 0 Å². The van der Waals surface area contributed by atoms with Gasteiger partial charge in [-0.1, -0.05) is 0 Å². The number of rotatable bonds is 7. The molecule has 140 valence electrons. The molecule has 6 heteroatoms. The Morgan fingerprint density at radius 2 is 1.48 bits per heavy atom. The number of anilines is 2. The van der Waals surface area contributed by atoms with Crippen LogP contribution in [0.15, 0.2) is 48.5 Å². The average molecular weight is 366 g/mol. The van der Waals surface area contributed by atoms with Crippen molar-refractivity contribution in [2.75, 3.05) is 10.6 Å². The molecule has 0 heterocycles. The number of amides is 2. The highest BCUT2D eigenvalue weighted by atomic mass is 16.5. The van der Waals surface area contributed by atoms with Gasteiger partial charge in [0.1, 0.15) is 5.75 Å². The fraction of sp³-hybridized carbons (Fsp3) is 0.286. The van der Waals surface area contributed by atoms with Crippen molar-refractivity contribution in [2.45, 2.75) is 32.8 Å². The minimum Gasteiger partial charge on any atom is -0.481 e. The summed E-state index contributed by atoms with van der Waals surface area (Å²) in [6.45, 7) is 3.15. The highest BCUT2D eigenvalue weighted by molar-refractivity contribution is 5.96. The molecule has 0 unspecified atom stereocenters. The molecule has 1 saturated carbocycles. The van der Waals surface area contributed by atoms with Gasteiger partial charge in [0.15, 0.2) is 11.9 Å². The number of Topliss-reactive ketones (excluding diaryl/α,β-unsaturated/α-hetero) is 1. The lowest BCUT2D eigenvalue weighted by atomic mass is 10.1. The molecule has 2 aromatic carbocycles. The number of hydrogen-bond acceptors (Lipinski definition) is 4. The van der Waals surface area contributed by atoms with Gasteiger partial charge in [0, 0.05) is 22.9 Å². The van der Waals surface area contributed by atoms with Crippen LogP contribution >= 0.6 is 0 Å². The Morgan fingerprint density at radius 1 is 0.926 bits per heavy atom. The summed E-state index contributed by atoms with van der Waals surface area (Å²) in [6, 6.07) is 13.6. The summed E-state index contributed by atoms with van der Waals surface area (Å²) in [5.74, 6) is 0.391. The van der Waals surface area contributed by atoms with Gasteiger partial charge in [-0.3, -0.25) is 14.4 Å². The zero-order chi connectivity index (χ0) is 19.4. The third-order valence-corrected chi connectivity index (χ3v) is 4.31. The molecule has 1 aliphatic rings. The predicted octanol–water partition coefficient (Wildman–Crippen LogP) is 3.64. The van der Waals surface area contributed by atoms with Gasteiger partial charge in [-0.15, -0.1) is 0 Å². The second-order valence-corrected chi connectivity index (χ2v) is 6.67. The van der Waals surface area contributed by atoms with Crippen molar-refractivity contribution in [1.29, 1.82) is 0 Å². The van der Waals surface area contributed by atoms with Crippen LogP contribution in [0.3, 0.4) is 0 Å². The molecule has 2 amide bonds. The summed E-state index contributed by atoms with van der Waals surface area (Å²) in [7, 11) is 0. The first-order valence-corrected chi connectivity index (χ1v) is 8.92. The third-order valence-electron chi connectivity index (χ3n) is 4.31. The molecule has 2 aromatic rings. The maximum Gasteiger partial charge on any atom is 0.265 e. The van der Waals surface area contributed by atoms with E-state index in [0.29, 0.717) is 22.7 Å². The number of nitrogens with one attached hydrogen (secondary N) is 2. The van der Waals surface area contributed by atoms with Crippen molar-refractivity contribution < 1.29 is 19.1 Å². The van der Waals surface area contributed by atoms with Crippen LogP contribution in [0, 0.1) is 5.92 Å². The van der Waals surface area contributed by atoms with Gasteiger partial charge < -0.3 is 15.4 Å². The summed E-state index contributed by atoms with van der Waals surface area (Å²) >= 11 is 0. The van der Waals surface area contributed by atoms with Crippen LogP contribution in [0.1, 0.15) is 37.0 Å². The minimum absolute atomic E-state index is 0.0240. The fourth-order valence-corrected chi connectivity index (χ4v) is 2.50. The van der Waals surface area contributed by atoms with E-state index in [1.54, 1.807) is 55.5 Å². The monoisotopic (exact) mass is 366 g/mol. The molecule has 1 atom stereocenters. The minimum atomic E-state index is -0.706. The summed E-state index contributed by atoms with van der Waals surface area (Å²) in [6.07, 6.45) is 1.20. The number of benzene rings is 2. The van der Waals surface area contributed by atoms with Crippen molar-refractivity contribution >= 4 is 29.0 Å². The average Bonchev–Trinajstić information content (AvgIpc) is 3.49. The zero-order valence-corrected chi connectivity index (χ0v) is 15.3. The quantitative estimate of drug-likeness (QED) is 0.733. The number of hydrogen-bond donors (Lipinski definition) is 2. The number of carbonyl (C=O) groups is 3. The van der Waals surface area contributed by atoms with Gasteiger partial charge in [-0.2, -0.15) is 0 Å². The van der Waals surface area contributed by atoms with E-state index in [1.165, 1.54) is 6.92 Å². The van der Waals surface area contributed by atoms with E-state index >= 15 is 0 Å². The summed E-state index contributed by atoms with van der Waals surface area (Å²) < 4.78 is 5.61. The highest BCUT2D eigenvalue weighted by Gasteiger charge is 2.29. The highest BCUT2D eigenvalue weighted by Crippen LogP contribution is 2.30. The number of ether oxygens (including phenoxy) is 1. The molecule has 2 N–H and O–H groups in total. The zero-order valence-electron chi connectivity index (χ0n) is 15.3. The van der Waals surface area contributed by atoms with Gasteiger partial charge in [-0.05, 0) is 75.2 Å². The Morgan fingerprint density at radius 3 is 2.00 bits per heavy atom. The molecule has 3 rings (SSSR count). The lowest BCUT2D eigenvalue weighted by Gasteiger charge is -2.15. The Hall–Kier alpha value is -3.15. The second kappa shape index (κ2) is 8.03. The molecule has 0 saturated heterocycles. The Balaban J connectivity index is 1.52. The molecule has 0 aromatic heterocycles. The smallest absolute Gasteiger partial charge is 0.265 e. The van der Waals surface area contributed by atoms with E-state index in [9.17, 15) is 14.4 Å². The lowest BCUT2D eigenvalue weighted by molar-refractivity contribution is -0.122. The summed E-state index contributed by atoms with van der Waals surface area (Å²) in [5.41, 5.74) is 1.92. The number of ketones is 1.